The molecule has 18 heavy (non-hydrogen) atoms. The van der Waals surface area contributed by atoms with Crippen molar-refractivity contribution in [3.05, 3.63) is 59.9 Å². The van der Waals surface area contributed by atoms with Crippen molar-refractivity contribution in [1.82, 2.24) is 4.98 Å². The molecule has 0 bridgehead atoms. The van der Waals surface area contributed by atoms with Gasteiger partial charge in [0.15, 0.2) is 0 Å². The van der Waals surface area contributed by atoms with E-state index in [0.717, 1.165) is 12.2 Å². The highest BCUT2D eigenvalue weighted by Gasteiger charge is 2.10. The standard InChI is InChI=1S/C14H15N3S/c1-17(10-11-6-3-2-4-7-11)12-8-5-9-16-13(12)14(15)18/h2-9H,10H2,1H3,(H2,15,18). The Bertz CT molecular complexity index is 540. The van der Waals surface area contributed by atoms with Gasteiger partial charge in [-0.1, -0.05) is 42.5 Å². The smallest absolute Gasteiger partial charge is 0.124 e. The number of anilines is 1. The lowest BCUT2D eigenvalue weighted by Crippen LogP contribution is -2.22. The molecule has 1 heterocycles. The molecule has 2 rings (SSSR count). The van der Waals surface area contributed by atoms with Crippen molar-refractivity contribution < 1.29 is 0 Å². The van der Waals surface area contributed by atoms with Gasteiger partial charge in [0.2, 0.25) is 0 Å². The largest absolute Gasteiger partial charge is 0.388 e. The van der Waals surface area contributed by atoms with Crippen LogP contribution in [-0.2, 0) is 6.54 Å². The quantitative estimate of drug-likeness (QED) is 0.854. The molecule has 0 unspecified atom stereocenters. The fourth-order valence-corrected chi connectivity index (χ4v) is 1.99. The molecule has 0 radical (unpaired) electrons. The molecular formula is C14H15N3S. The van der Waals surface area contributed by atoms with Gasteiger partial charge in [-0.05, 0) is 17.7 Å². The van der Waals surface area contributed by atoms with E-state index in [-0.39, 0.29) is 0 Å². The van der Waals surface area contributed by atoms with E-state index in [9.17, 15) is 0 Å². The molecule has 1 aromatic carbocycles. The molecule has 0 atom stereocenters. The minimum Gasteiger partial charge on any atom is -0.388 e. The third-order valence-electron chi connectivity index (χ3n) is 2.69. The summed E-state index contributed by atoms with van der Waals surface area (Å²) in [5, 5.41) is 0. The molecule has 0 aliphatic heterocycles. The van der Waals surface area contributed by atoms with Crippen LogP contribution in [0.5, 0.6) is 0 Å². The Balaban J connectivity index is 2.24. The summed E-state index contributed by atoms with van der Waals surface area (Å²) in [7, 11) is 2.01. The molecule has 4 heteroatoms. The maximum absolute atomic E-state index is 5.69. The summed E-state index contributed by atoms with van der Waals surface area (Å²) in [6.07, 6.45) is 1.70. The van der Waals surface area contributed by atoms with E-state index in [1.54, 1.807) is 6.20 Å². The van der Waals surface area contributed by atoms with E-state index in [4.69, 9.17) is 18.0 Å². The molecule has 1 aromatic heterocycles. The minimum atomic E-state index is 0.325. The van der Waals surface area contributed by atoms with Crippen LogP contribution < -0.4 is 10.6 Å². The van der Waals surface area contributed by atoms with Crippen LogP contribution in [-0.4, -0.2) is 17.0 Å². The second-order valence-electron chi connectivity index (χ2n) is 4.08. The van der Waals surface area contributed by atoms with E-state index >= 15 is 0 Å². The number of hydrogen-bond acceptors (Lipinski definition) is 3. The van der Waals surface area contributed by atoms with Crippen molar-refractivity contribution in [2.24, 2.45) is 5.73 Å². The Kier molecular flexibility index (Phi) is 3.89. The van der Waals surface area contributed by atoms with Crippen molar-refractivity contribution >= 4 is 22.9 Å². The van der Waals surface area contributed by atoms with Crippen LogP contribution in [0, 0.1) is 0 Å². The molecule has 0 fully saturated rings. The number of rotatable bonds is 4. The summed E-state index contributed by atoms with van der Waals surface area (Å²) in [6.45, 7) is 0.794. The Morgan fingerprint density at radius 2 is 1.94 bits per heavy atom. The molecule has 3 nitrogen and oxygen atoms in total. The van der Waals surface area contributed by atoms with Gasteiger partial charge in [0.25, 0.3) is 0 Å². The highest BCUT2D eigenvalue weighted by Crippen LogP contribution is 2.18. The molecule has 0 amide bonds. The monoisotopic (exact) mass is 257 g/mol. The van der Waals surface area contributed by atoms with Crippen LogP contribution in [0.25, 0.3) is 0 Å². The van der Waals surface area contributed by atoms with E-state index in [0.29, 0.717) is 10.7 Å². The van der Waals surface area contributed by atoms with Gasteiger partial charge in [0.05, 0.1) is 5.69 Å². The summed E-state index contributed by atoms with van der Waals surface area (Å²) in [4.78, 5) is 6.65. The Labute approximate surface area is 112 Å². The third kappa shape index (κ3) is 2.84. The predicted molar refractivity (Wildman–Crippen MR) is 78.7 cm³/mol. The van der Waals surface area contributed by atoms with Gasteiger partial charge in [0, 0.05) is 19.8 Å². The van der Waals surface area contributed by atoms with E-state index in [1.807, 2.05) is 37.4 Å². The Morgan fingerprint density at radius 3 is 2.61 bits per heavy atom. The second-order valence-corrected chi connectivity index (χ2v) is 4.52. The van der Waals surface area contributed by atoms with Gasteiger partial charge in [-0.15, -0.1) is 0 Å². The third-order valence-corrected chi connectivity index (χ3v) is 2.89. The maximum atomic E-state index is 5.69. The topological polar surface area (TPSA) is 42.2 Å². The Hall–Kier alpha value is -1.94. The summed E-state index contributed by atoms with van der Waals surface area (Å²) < 4.78 is 0. The van der Waals surface area contributed by atoms with Crippen LogP contribution in [0.3, 0.4) is 0 Å². The summed E-state index contributed by atoms with van der Waals surface area (Å²) in [5.41, 5.74) is 8.55. The zero-order chi connectivity index (χ0) is 13.0. The molecule has 0 saturated carbocycles. The molecule has 2 N–H and O–H groups in total. The first-order valence-corrected chi connectivity index (χ1v) is 6.09. The SMILES string of the molecule is CN(Cc1ccccc1)c1cccnc1C(N)=S. The maximum Gasteiger partial charge on any atom is 0.124 e. The lowest BCUT2D eigenvalue weighted by atomic mass is 10.2. The second kappa shape index (κ2) is 5.60. The fourth-order valence-electron chi connectivity index (χ4n) is 1.84. The van der Waals surface area contributed by atoms with E-state index in [2.05, 4.69) is 22.0 Å². The lowest BCUT2D eigenvalue weighted by Gasteiger charge is -2.21. The van der Waals surface area contributed by atoms with Gasteiger partial charge >= 0.3 is 0 Å². The van der Waals surface area contributed by atoms with Gasteiger partial charge < -0.3 is 10.6 Å². The van der Waals surface area contributed by atoms with Crippen molar-refractivity contribution in [1.29, 1.82) is 0 Å². The summed E-state index contributed by atoms with van der Waals surface area (Å²) in [6, 6.07) is 14.1. The zero-order valence-corrected chi connectivity index (χ0v) is 11.0. The number of pyridine rings is 1. The lowest BCUT2D eigenvalue weighted by molar-refractivity contribution is 0.916. The molecular weight excluding hydrogens is 242 g/mol. The molecule has 0 aliphatic carbocycles. The number of benzene rings is 1. The number of thiocarbonyl (C=S) groups is 1. The van der Waals surface area contributed by atoms with Crippen LogP contribution >= 0.6 is 12.2 Å². The van der Waals surface area contributed by atoms with Crippen LogP contribution in [0.2, 0.25) is 0 Å². The van der Waals surface area contributed by atoms with Crippen molar-refractivity contribution in [3.8, 4) is 0 Å². The number of hydrogen-bond donors (Lipinski definition) is 1. The highest BCUT2D eigenvalue weighted by molar-refractivity contribution is 7.80. The van der Waals surface area contributed by atoms with Gasteiger partial charge in [0.1, 0.15) is 10.7 Å². The first-order valence-electron chi connectivity index (χ1n) is 5.68. The average Bonchev–Trinajstić information content (AvgIpc) is 2.40. The van der Waals surface area contributed by atoms with Crippen molar-refractivity contribution in [2.75, 3.05) is 11.9 Å². The molecule has 92 valence electrons. The van der Waals surface area contributed by atoms with Gasteiger partial charge in [-0.2, -0.15) is 0 Å². The van der Waals surface area contributed by atoms with Gasteiger partial charge in [-0.25, -0.2) is 0 Å². The number of aromatic nitrogens is 1. The normalized spacial score (nSPS) is 10.1. The van der Waals surface area contributed by atoms with Gasteiger partial charge in [-0.3, -0.25) is 4.98 Å². The first-order chi connectivity index (χ1) is 8.68. The number of nitrogens with zero attached hydrogens (tertiary/aromatic N) is 2. The summed E-state index contributed by atoms with van der Waals surface area (Å²) in [5.74, 6) is 0. The fraction of sp³-hybridized carbons (Fsp3) is 0.143. The minimum absolute atomic E-state index is 0.325. The molecule has 0 saturated heterocycles. The molecule has 0 spiro atoms. The van der Waals surface area contributed by atoms with Crippen LogP contribution in [0.4, 0.5) is 5.69 Å². The van der Waals surface area contributed by atoms with Crippen molar-refractivity contribution in [3.63, 3.8) is 0 Å². The molecule has 0 aliphatic rings. The van der Waals surface area contributed by atoms with E-state index in [1.165, 1.54) is 5.56 Å². The molecule has 2 aromatic rings. The van der Waals surface area contributed by atoms with Crippen LogP contribution in [0.1, 0.15) is 11.3 Å². The van der Waals surface area contributed by atoms with E-state index < -0.39 is 0 Å². The highest BCUT2D eigenvalue weighted by atomic mass is 32.1. The number of nitrogens with two attached hydrogens (primary N) is 1. The average molecular weight is 257 g/mol. The van der Waals surface area contributed by atoms with Crippen LogP contribution in [0.15, 0.2) is 48.7 Å². The predicted octanol–water partition coefficient (Wildman–Crippen LogP) is 2.35. The van der Waals surface area contributed by atoms with Crippen molar-refractivity contribution in [2.45, 2.75) is 6.54 Å². The first kappa shape index (κ1) is 12.5. The summed E-state index contributed by atoms with van der Waals surface area (Å²) >= 11 is 5.02. The zero-order valence-electron chi connectivity index (χ0n) is 10.2. The Morgan fingerprint density at radius 1 is 1.22 bits per heavy atom.